The Morgan fingerprint density at radius 1 is 0.918 bits per heavy atom. The summed E-state index contributed by atoms with van der Waals surface area (Å²) in [6.45, 7) is 5.53. The second kappa shape index (κ2) is 15.2. The first-order chi connectivity index (χ1) is 23.2. The lowest BCUT2D eigenvalue weighted by atomic mass is 9.83. The average Bonchev–Trinajstić information content (AvgIpc) is 3.91. The highest BCUT2D eigenvalue weighted by Gasteiger charge is 2.74. The van der Waals surface area contributed by atoms with Crippen molar-refractivity contribution in [2.75, 3.05) is 13.1 Å². The number of fused-ring (bicyclic) bond motifs is 1. The zero-order chi connectivity index (χ0) is 35.5. The number of piperidine rings is 1. The monoisotopic (exact) mass is 718 g/mol. The molecule has 5 N–H and O–H groups in total. The highest BCUT2D eigenvalue weighted by molar-refractivity contribution is 6.51. The standard InChI is InChI=1S/C35H48Cl2N6O6/c1-34(2,3)42-33(49)41-27(22-12-8-5-9-13-22)32(48)43-19-23-26(35(23,36)37)28(43)30(46)40-24(16-20-14-15-20)29(45)31(47)39-18-25(44)38-17-21-10-6-4-7-11-21/h4,6-7,10-11,20,22-24,26-28H,5,8-9,12-19H2,1-3H3,(H,38,44)(H,39,47)(H,40,46)(H2,41,42,49)/t23-,24?,26-,27-,28-/m0/s1. The molecular weight excluding hydrogens is 671 g/mol. The van der Waals surface area contributed by atoms with Gasteiger partial charge in [0.15, 0.2) is 0 Å². The molecule has 0 aromatic heterocycles. The number of alkyl halides is 2. The molecule has 5 atom stereocenters. The molecule has 1 heterocycles. The SMILES string of the molecule is CC(C)(C)NC(=O)N[C@H](C(=O)N1C[C@H]2[C@@H]([C@H]1C(=O)NC(CC1CC1)C(=O)C(=O)NCC(=O)NCc1ccccc1)C2(Cl)Cl)C1CCCCC1. The van der Waals surface area contributed by atoms with Crippen molar-refractivity contribution >= 4 is 58.6 Å². The number of urea groups is 1. The van der Waals surface area contributed by atoms with Gasteiger partial charge in [-0.2, -0.15) is 0 Å². The fourth-order valence-corrected chi connectivity index (χ4v) is 7.95. The lowest BCUT2D eigenvalue weighted by Gasteiger charge is -2.37. The summed E-state index contributed by atoms with van der Waals surface area (Å²) in [6.07, 6.45) is 6.40. The Hall–Kier alpha value is -3.38. The number of likely N-dealkylation sites (tertiary alicyclic amines) is 1. The third-order valence-electron chi connectivity index (χ3n) is 9.91. The van der Waals surface area contributed by atoms with Crippen molar-refractivity contribution in [2.45, 2.75) is 107 Å². The topological polar surface area (TPSA) is 166 Å². The predicted molar refractivity (Wildman–Crippen MR) is 184 cm³/mol. The highest BCUT2D eigenvalue weighted by Crippen LogP contribution is 2.65. The normalized spacial score (nSPS) is 24.1. The summed E-state index contributed by atoms with van der Waals surface area (Å²) in [6, 6.07) is 5.68. The Balaban J connectivity index is 1.26. The molecule has 1 unspecified atom stereocenters. The summed E-state index contributed by atoms with van der Waals surface area (Å²) in [5.41, 5.74) is 0.356. The molecule has 14 heteroatoms. The van der Waals surface area contributed by atoms with Crippen molar-refractivity contribution in [2.24, 2.45) is 23.7 Å². The lowest BCUT2D eigenvalue weighted by Crippen LogP contribution is -2.61. The third kappa shape index (κ3) is 9.45. The largest absolute Gasteiger partial charge is 0.350 e. The van der Waals surface area contributed by atoms with Gasteiger partial charge in [-0.1, -0.05) is 62.4 Å². The summed E-state index contributed by atoms with van der Waals surface area (Å²) in [7, 11) is 0. The number of nitrogens with one attached hydrogen (secondary N) is 5. The molecule has 1 aromatic rings. The van der Waals surface area contributed by atoms with Crippen LogP contribution < -0.4 is 26.6 Å². The van der Waals surface area contributed by atoms with E-state index in [1.165, 1.54) is 4.90 Å². The second-order valence-corrected chi connectivity index (χ2v) is 16.5. The number of benzene rings is 1. The Morgan fingerprint density at radius 3 is 2.22 bits per heavy atom. The molecule has 0 bridgehead atoms. The number of ketones is 1. The quantitative estimate of drug-likeness (QED) is 0.155. The number of hydrogen-bond acceptors (Lipinski definition) is 6. The maximum absolute atomic E-state index is 14.3. The summed E-state index contributed by atoms with van der Waals surface area (Å²) in [5.74, 6) is -4.23. The molecule has 4 fully saturated rings. The fraction of sp³-hybridized carbons (Fsp3) is 0.657. The van der Waals surface area contributed by atoms with Crippen LogP contribution in [0, 0.1) is 23.7 Å². The van der Waals surface area contributed by atoms with Crippen molar-refractivity contribution in [3.8, 4) is 0 Å². The van der Waals surface area contributed by atoms with Crippen LogP contribution in [0.3, 0.4) is 0 Å². The molecule has 12 nitrogen and oxygen atoms in total. The number of carbonyl (C=O) groups excluding carboxylic acids is 6. The Bertz CT molecular complexity index is 1430. The van der Waals surface area contributed by atoms with Gasteiger partial charge in [-0.3, -0.25) is 24.0 Å². The van der Waals surface area contributed by atoms with Gasteiger partial charge in [0, 0.05) is 30.5 Å². The van der Waals surface area contributed by atoms with Crippen LogP contribution in [0.4, 0.5) is 4.79 Å². The number of Topliss-reactive ketones (excluding diaryl/α,β-unsaturated/α-hetero) is 1. The Labute approximate surface area is 297 Å². The van der Waals surface area contributed by atoms with Crippen molar-refractivity contribution in [3.63, 3.8) is 0 Å². The number of amides is 6. The van der Waals surface area contributed by atoms with Crippen LogP contribution in [-0.4, -0.2) is 81.4 Å². The lowest BCUT2D eigenvalue weighted by molar-refractivity contribution is -0.144. The second-order valence-electron chi connectivity index (χ2n) is 15.0. The van der Waals surface area contributed by atoms with Gasteiger partial charge in [0.25, 0.3) is 5.91 Å². The Kier molecular flexibility index (Phi) is 11.5. The van der Waals surface area contributed by atoms with Crippen LogP contribution in [0.2, 0.25) is 0 Å². The zero-order valence-corrected chi connectivity index (χ0v) is 29.9. The van der Waals surface area contributed by atoms with Crippen LogP contribution in [-0.2, 0) is 30.5 Å². The molecule has 5 rings (SSSR count). The summed E-state index contributed by atoms with van der Waals surface area (Å²) >= 11 is 13.2. The van der Waals surface area contributed by atoms with Crippen LogP contribution in [0.25, 0.3) is 0 Å². The first-order valence-electron chi connectivity index (χ1n) is 17.4. The fourth-order valence-electron chi connectivity index (χ4n) is 7.12. The molecule has 3 aliphatic carbocycles. The third-order valence-corrected chi connectivity index (χ3v) is 11.0. The molecule has 49 heavy (non-hydrogen) atoms. The van der Waals surface area contributed by atoms with Gasteiger partial charge in [0.1, 0.15) is 16.4 Å². The maximum Gasteiger partial charge on any atom is 0.315 e. The molecule has 1 aliphatic heterocycles. The van der Waals surface area contributed by atoms with Crippen LogP contribution in [0.15, 0.2) is 30.3 Å². The first-order valence-corrected chi connectivity index (χ1v) is 18.1. The van der Waals surface area contributed by atoms with E-state index in [1.807, 2.05) is 51.1 Å². The maximum atomic E-state index is 14.3. The first kappa shape index (κ1) is 36.9. The van der Waals surface area contributed by atoms with Crippen molar-refractivity contribution in [3.05, 3.63) is 35.9 Å². The van der Waals surface area contributed by atoms with Crippen molar-refractivity contribution in [1.29, 1.82) is 0 Å². The van der Waals surface area contributed by atoms with Crippen LogP contribution in [0.5, 0.6) is 0 Å². The minimum absolute atomic E-state index is 0.109. The van der Waals surface area contributed by atoms with E-state index < -0.39 is 75.9 Å². The van der Waals surface area contributed by atoms with Gasteiger partial charge in [-0.15, -0.1) is 23.2 Å². The van der Waals surface area contributed by atoms with Gasteiger partial charge in [-0.25, -0.2) is 4.79 Å². The molecule has 6 amide bonds. The molecule has 0 spiro atoms. The molecule has 1 saturated heterocycles. The summed E-state index contributed by atoms with van der Waals surface area (Å²) < 4.78 is -1.23. The number of halogens is 2. The van der Waals surface area contributed by atoms with Gasteiger partial charge in [-0.05, 0) is 57.4 Å². The minimum Gasteiger partial charge on any atom is -0.350 e. The minimum atomic E-state index is -1.23. The van der Waals surface area contributed by atoms with Crippen LogP contribution in [0.1, 0.15) is 77.7 Å². The highest BCUT2D eigenvalue weighted by atomic mass is 35.5. The summed E-state index contributed by atoms with van der Waals surface area (Å²) in [4.78, 5) is 81.5. The molecule has 4 aliphatic rings. The number of nitrogens with zero attached hydrogens (tertiary/aromatic N) is 1. The van der Waals surface area contributed by atoms with Crippen LogP contribution >= 0.6 is 23.2 Å². The Morgan fingerprint density at radius 2 is 1.59 bits per heavy atom. The van der Waals surface area contributed by atoms with E-state index >= 15 is 0 Å². The number of carbonyl (C=O) groups is 6. The number of rotatable bonds is 13. The van der Waals surface area contributed by atoms with E-state index in [0.717, 1.165) is 50.5 Å². The van der Waals surface area contributed by atoms with E-state index in [-0.39, 0.29) is 37.3 Å². The molecular formula is C35H48Cl2N6O6. The van der Waals surface area contributed by atoms with Crippen molar-refractivity contribution < 1.29 is 28.8 Å². The van der Waals surface area contributed by atoms with Gasteiger partial charge in [0.05, 0.1) is 12.6 Å². The smallest absolute Gasteiger partial charge is 0.315 e. The molecule has 268 valence electrons. The van der Waals surface area contributed by atoms with Gasteiger partial charge < -0.3 is 31.5 Å². The van der Waals surface area contributed by atoms with Gasteiger partial charge >= 0.3 is 6.03 Å². The molecule has 3 saturated carbocycles. The summed E-state index contributed by atoms with van der Waals surface area (Å²) in [5, 5.41) is 13.6. The number of hydrogen-bond donors (Lipinski definition) is 5. The van der Waals surface area contributed by atoms with E-state index in [0.29, 0.717) is 0 Å². The van der Waals surface area contributed by atoms with Gasteiger partial charge in [0.2, 0.25) is 23.5 Å². The average molecular weight is 720 g/mol. The van der Waals surface area contributed by atoms with E-state index in [4.69, 9.17) is 23.2 Å². The zero-order valence-electron chi connectivity index (χ0n) is 28.4. The van der Waals surface area contributed by atoms with E-state index in [1.54, 1.807) is 0 Å². The predicted octanol–water partition coefficient (Wildman–Crippen LogP) is 2.95. The van der Waals surface area contributed by atoms with Crippen molar-refractivity contribution in [1.82, 2.24) is 31.5 Å². The molecule has 1 aromatic carbocycles. The van der Waals surface area contributed by atoms with E-state index in [9.17, 15) is 28.8 Å². The molecule has 0 radical (unpaired) electrons. The van der Waals surface area contributed by atoms with E-state index in [2.05, 4.69) is 26.6 Å².